The van der Waals surface area contributed by atoms with E-state index in [-0.39, 0.29) is 12.5 Å². The molecule has 0 saturated carbocycles. The first-order chi connectivity index (χ1) is 12.0. The number of aromatic amines is 1. The number of H-pyrrole nitrogens is 1. The van der Waals surface area contributed by atoms with Crippen LogP contribution in [0.5, 0.6) is 0 Å². The number of imidazole rings is 1. The SMILES string of the molecule is CNCC(=O)N[C@@H]1[C@@H](O)[C@@H](O)[C@@H](Nc2ccnc3nc[nH]c23)O[C@H]1C. The third kappa shape index (κ3) is 3.56. The van der Waals surface area contributed by atoms with Crippen molar-refractivity contribution in [1.82, 2.24) is 25.6 Å². The second kappa shape index (κ2) is 7.31. The Morgan fingerprint density at radius 3 is 2.92 bits per heavy atom. The molecular formula is C15H22N6O4. The maximum absolute atomic E-state index is 11.7. The molecule has 1 amide bonds. The lowest BCUT2D eigenvalue weighted by molar-refractivity contribution is -0.172. The molecule has 3 rings (SSSR count). The average molecular weight is 350 g/mol. The predicted octanol–water partition coefficient (Wildman–Crippen LogP) is -1.46. The zero-order valence-electron chi connectivity index (χ0n) is 13.9. The van der Waals surface area contributed by atoms with Gasteiger partial charge in [-0.05, 0) is 20.0 Å². The van der Waals surface area contributed by atoms with Crippen LogP contribution in [0, 0.1) is 0 Å². The fourth-order valence-corrected chi connectivity index (χ4v) is 2.91. The number of carbonyl (C=O) groups excluding carboxylic acids is 1. The number of aliphatic hydroxyl groups is 2. The van der Waals surface area contributed by atoms with E-state index >= 15 is 0 Å². The minimum Gasteiger partial charge on any atom is -0.388 e. The largest absolute Gasteiger partial charge is 0.388 e. The van der Waals surface area contributed by atoms with E-state index in [1.807, 2.05) is 0 Å². The molecule has 1 fully saturated rings. The van der Waals surface area contributed by atoms with Crippen LogP contribution in [0.25, 0.3) is 11.2 Å². The number of likely N-dealkylation sites (N-methyl/N-ethyl adjacent to an activating group) is 1. The molecule has 10 heteroatoms. The minimum absolute atomic E-state index is 0.114. The van der Waals surface area contributed by atoms with Crippen LogP contribution in [0.4, 0.5) is 5.69 Å². The molecule has 136 valence electrons. The van der Waals surface area contributed by atoms with Crippen molar-refractivity contribution in [3.63, 3.8) is 0 Å². The molecule has 3 heterocycles. The predicted molar refractivity (Wildman–Crippen MR) is 89.7 cm³/mol. The Bertz CT molecular complexity index is 738. The van der Waals surface area contributed by atoms with Crippen LogP contribution in [-0.4, -0.2) is 75.2 Å². The Kier molecular flexibility index (Phi) is 5.13. The number of carbonyl (C=O) groups is 1. The average Bonchev–Trinajstić information content (AvgIpc) is 3.06. The van der Waals surface area contributed by atoms with Crippen LogP contribution in [0.1, 0.15) is 6.92 Å². The molecule has 1 saturated heterocycles. The molecule has 5 atom stereocenters. The van der Waals surface area contributed by atoms with Crippen molar-refractivity contribution < 1.29 is 19.7 Å². The molecule has 2 aromatic rings. The lowest BCUT2D eigenvalue weighted by Crippen LogP contribution is -2.64. The molecule has 0 bridgehead atoms. The smallest absolute Gasteiger partial charge is 0.234 e. The number of aliphatic hydroxyl groups excluding tert-OH is 2. The first-order valence-corrected chi connectivity index (χ1v) is 8.01. The number of nitrogens with one attached hydrogen (secondary N) is 4. The molecule has 0 spiro atoms. The molecule has 0 unspecified atom stereocenters. The van der Waals surface area contributed by atoms with Gasteiger partial charge in [0.15, 0.2) is 11.9 Å². The number of nitrogens with zero attached hydrogens (tertiary/aromatic N) is 2. The van der Waals surface area contributed by atoms with Gasteiger partial charge in [-0.1, -0.05) is 0 Å². The summed E-state index contributed by atoms with van der Waals surface area (Å²) in [5.74, 6) is -0.283. The number of ether oxygens (including phenoxy) is 1. The maximum atomic E-state index is 11.7. The highest BCUT2D eigenvalue weighted by Crippen LogP contribution is 2.25. The molecule has 25 heavy (non-hydrogen) atoms. The number of pyridine rings is 1. The Balaban J connectivity index is 1.72. The third-order valence-corrected chi connectivity index (χ3v) is 4.18. The van der Waals surface area contributed by atoms with E-state index in [9.17, 15) is 15.0 Å². The van der Waals surface area contributed by atoms with Gasteiger partial charge in [0.2, 0.25) is 5.91 Å². The lowest BCUT2D eigenvalue weighted by atomic mass is 9.96. The molecule has 1 aliphatic rings. The summed E-state index contributed by atoms with van der Waals surface area (Å²) in [6.07, 6.45) is -0.664. The highest BCUT2D eigenvalue weighted by atomic mass is 16.5. The molecule has 0 radical (unpaired) electrons. The second-order valence-corrected chi connectivity index (χ2v) is 5.97. The topological polar surface area (TPSA) is 144 Å². The standard InChI is InChI=1S/C15H22N6O4/c1-7-10(21-9(22)5-16-2)12(23)13(24)15(25-7)20-8-3-4-17-14-11(8)18-6-19-14/h3-4,6-7,10,12-13,15-16,23-24H,5H2,1-2H3,(H,21,22)(H2,17,18,19,20)/t7-,10-,12+,13+,15-/m0/s1. The van der Waals surface area contributed by atoms with Gasteiger partial charge >= 0.3 is 0 Å². The summed E-state index contributed by atoms with van der Waals surface area (Å²) in [6.45, 7) is 1.84. The van der Waals surface area contributed by atoms with Crippen molar-refractivity contribution in [3.05, 3.63) is 18.6 Å². The fourth-order valence-electron chi connectivity index (χ4n) is 2.91. The van der Waals surface area contributed by atoms with E-state index in [1.54, 1.807) is 26.2 Å². The zero-order valence-corrected chi connectivity index (χ0v) is 13.9. The summed E-state index contributed by atoms with van der Waals surface area (Å²) in [7, 11) is 1.65. The van der Waals surface area contributed by atoms with Crippen LogP contribution in [0.2, 0.25) is 0 Å². The number of anilines is 1. The number of hydrogen-bond donors (Lipinski definition) is 6. The van der Waals surface area contributed by atoms with Gasteiger partial charge in [0.1, 0.15) is 17.7 Å². The number of amides is 1. The number of rotatable bonds is 5. The summed E-state index contributed by atoms with van der Waals surface area (Å²) in [4.78, 5) is 22.9. The van der Waals surface area contributed by atoms with Crippen molar-refractivity contribution in [2.45, 2.75) is 37.5 Å². The van der Waals surface area contributed by atoms with Gasteiger partial charge in [0.05, 0.1) is 30.7 Å². The zero-order chi connectivity index (χ0) is 18.0. The van der Waals surface area contributed by atoms with Crippen LogP contribution in [0.3, 0.4) is 0 Å². The number of aromatic nitrogens is 3. The first-order valence-electron chi connectivity index (χ1n) is 8.01. The highest BCUT2D eigenvalue weighted by molar-refractivity contribution is 5.84. The Labute approximate surface area is 144 Å². The van der Waals surface area contributed by atoms with E-state index in [0.29, 0.717) is 16.9 Å². The van der Waals surface area contributed by atoms with Gasteiger partial charge in [-0.15, -0.1) is 0 Å². The lowest BCUT2D eigenvalue weighted by Gasteiger charge is -2.42. The van der Waals surface area contributed by atoms with Crippen LogP contribution >= 0.6 is 0 Å². The molecule has 0 aromatic carbocycles. The summed E-state index contributed by atoms with van der Waals surface area (Å²) in [5, 5.41) is 29.3. The first kappa shape index (κ1) is 17.5. The normalized spacial score (nSPS) is 29.5. The van der Waals surface area contributed by atoms with E-state index in [2.05, 4.69) is 30.9 Å². The number of fused-ring (bicyclic) bond motifs is 1. The van der Waals surface area contributed by atoms with Gasteiger partial charge < -0.3 is 35.9 Å². The minimum atomic E-state index is -1.23. The maximum Gasteiger partial charge on any atom is 0.234 e. The van der Waals surface area contributed by atoms with Crippen molar-refractivity contribution >= 4 is 22.8 Å². The summed E-state index contributed by atoms with van der Waals surface area (Å²) < 4.78 is 5.78. The Morgan fingerprint density at radius 1 is 1.36 bits per heavy atom. The highest BCUT2D eigenvalue weighted by Gasteiger charge is 2.43. The van der Waals surface area contributed by atoms with Gasteiger partial charge in [0, 0.05) is 6.20 Å². The van der Waals surface area contributed by atoms with Crippen LogP contribution in [-0.2, 0) is 9.53 Å². The number of hydrogen-bond acceptors (Lipinski definition) is 8. The molecular weight excluding hydrogens is 328 g/mol. The van der Waals surface area contributed by atoms with Gasteiger partial charge in [-0.3, -0.25) is 4.79 Å². The Morgan fingerprint density at radius 2 is 2.16 bits per heavy atom. The van der Waals surface area contributed by atoms with Crippen LogP contribution < -0.4 is 16.0 Å². The van der Waals surface area contributed by atoms with Gasteiger partial charge in [0.25, 0.3) is 0 Å². The summed E-state index contributed by atoms with van der Waals surface area (Å²) >= 11 is 0. The fraction of sp³-hybridized carbons (Fsp3) is 0.533. The van der Waals surface area contributed by atoms with E-state index in [1.165, 1.54) is 6.33 Å². The third-order valence-electron chi connectivity index (χ3n) is 4.18. The van der Waals surface area contributed by atoms with Gasteiger partial charge in [-0.2, -0.15) is 0 Å². The van der Waals surface area contributed by atoms with Crippen molar-refractivity contribution in [1.29, 1.82) is 0 Å². The second-order valence-electron chi connectivity index (χ2n) is 5.97. The molecule has 1 aliphatic heterocycles. The van der Waals surface area contributed by atoms with Crippen molar-refractivity contribution in [3.8, 4) is 0 Å². The van der Waals surface area contributed by atoms with Gasteiger partial charge in [-0.25, -0.2) is 9.97 Å². The van der Waals surface area contributed by atoms with E-state index in [0.717, 1.165) is 0 Å². The quantitative estimate of drug-likeness (QED) is 0.384. The monoisotopic (exact) mass is 350 g/mol. The Hall–Kier alpha value is -2.27. The molecule has 6 N–H and O–H groups in total. The summed E-state index contributed by atoms with van der Waals surface area (Å²) in [5.41, 5.74) is 1.84. The molecule has 0 aliphatic carbocycles. The van der Waals surface area contributed by atoms with E-state index in [4.69, 9.17) is 4.74 Å². The van der Waals surface area contributed by atoms with Crippen LogP contribution in [0.15, 0.2) is 18.6 Å². The van der Waals surface area contributed by atoms with E-state index < -0.39 is 30.6 Å². The van der Waals surface area contributed by atoms with Crippen molar-refractivity contribution in [2.75, 3.05) is 18.9 Å². The summed E-state index contributed by atoms with van der Waals surface area (Å²) in [6, 6.07) is 1.01. The molecule has 2 aromatic heterocycles. The van der Waals surface area contributed by atoms with Crippen molar-refractivity contribution in [2.24, 2.45) is 0 Å². The molecule has 10 nitrogen and oxygen atoms in total.